The smallest absolute Gasteiger partial charge is 0.221 e. The lowest BCUT2D eigenvalue weighted by atomic mass is 9.80. The Morgan fingerprint density at radius 3 is 2.15 bits per heavy atom. The third kappa shape index (κ3) is 3.73. The van der Waals surface area contributed by atoms with Gasteiger partial charge in [-0.1, -0.05) is 32.1 Å². The topological polar surface area (TPSA) is 58.4 Å². The van der Waals surface area contributed by atoms with Crippen LogP contribution < -0.4 is 11.1 Å². The highest BCUT2D eigenvalue weighted by molar-refractivity contribution is 5.77. The highest BCUT2D eigenvalue weighted by atomic mass is 16.1. The summed E-state index contributed by atoms with van der Waals surface area (Å²) in [7, 11) is 4.28. The second-order valence-corrected chi connectivity index (χ2v) is 7.20. The number of carbonyl (C=O) groups is 1. The molecule has 0 heterocycles. The van der Waals surface area contributed by atoms with E-state index in [1.807, 2.05) is 0 Å². The van der Waals surface area contributed by atoms with E-state index in [1.54, 1.807) is 0 Å². The van der Waals surface area contributed by atoms with E-state index in [1.165, 1.54) is 44.9 Å². The highest BCUT2D eigenvalue weighted by Crippen LogP contribution is 2.32. The summed E-state index contributed by atoms with van der Waals surface area (Å²) >= 11 is 0. The number of likely N-dealkylation sites (N-methyl/N-ethyl adjacent to an activating group) is 1. The maximum Gasteiger partial charge on any atom is 0.221 e. The summed E-state index contributed by atoms with van der Waals surface area (Å²) in [6.45, 7) is 0.773. The average molecular weight is 281 g/mol. The Morgan fingerprint density at radius 1 is 1.05 bits per heavy atom. The number of hydrogen-bond donors (Lipinski definition) is 2. The predicted octanol–water partition coefficient (Wildman–Crippen LogP) is 2.03. The van der Waals surface area contributed by atoms with Crippen molar-refractivity contribution in [3.8, 4) is 0 Å². The molecule has 2 aliphatic rings. The van der Waals surface area contributed by atoms with E-state index < -0.39 is 0 Å². The number of nitrogens with zero attached hydrogens (tertiary/aromatic N) is 1. The normalized spacial score (nSPS) is 24.8. The lowest BCUT2D eigenvalue weighted by Gasteiger charge is -2.43. The van der Waals surface area contributed by atoms with Crippen LogP contribution in [0.3, 0.4) is 0 Å². The zero-order valence-corrected chi connectivity index (χ0v) is 13.2. The van der Waals surface area contributed by atoms with Crippen molar-refractivity contribution in [3.05, 3.63) is 0 Å². The molecule has 0 bridgehead atoms. The maximum atomic E-state index is 12.2. The fourth-order valence-electron chi connectivity index (χ4n) is 3.89. The predicted molar refractivity (Wildman–Crippen MR) is 82.5 cm³/mol. The molecule has 2 fully saturated rings. The molecule has 0 aromatic heterocycles. The van der Waals surface area contributed by atoms with Gasteiger partial charge in [0.25, 0.3) is 0 Å². The van der Waals surface area contributed by atoms with Crippen LogP contribution >= 0.6 is 0 Å². The molecule has 0 spiro atoms. The quantitative estimate of drug-likeness (QED) is 0.810. The van der Waals surface area contributed by atoms with E-state index in [-0.39, 0.29) is 17.0 Å². The molecular formula is C16H31N3O. The van der Waals surface area contributed by atoms with E-state index >= 15 is 0 Å². The summed E-state index contributed by atoms with van der Waals surface area (Å²) in [6.07, 6.45) is 11.1. The third-order valence-corrected chi connectivity index (χ3v) is 5.46. The van der Waals surface area contributed by atoms with Gasteiger partial charge in [0.15, 0.2) is 0 Å². The first-order chi connectivity index (χ1) is 9.46. The molecule has 0 atom stereocenters. The molecule has 116 valence electrons. The van der Waals surface area contributed by atoms with E-state index in [0.29, 0.717) is 6.42 Å². The van der Waals surface area contributed by atoms with Gasteiger partial charge in [0.1, 0.15) is 0 Å². The summed E-state index contributed by atoms with van der Waals surface area (Å²) in [5, 5.41) is 3.17. The molecule has 2 aliphatic carbocycles. The Labute approximate surface area is 123 Å². The Bertz CT molecular complexity index is 329. The first kappa shape index (κ1) is 15.8. The van der Waals surface area contributed by atoms with Gasteiger partial charge in [-0.2, -0.15) is 0 Å². The van der Waals surface area contributed by atoms with Gasteiger partial charge in [0.05, 0.1) is 0 Å². The Balaban J connectivity index is 1.84. The summed E-state index contributed by atoms with van der Waals surface area (Å²) in [6, 6.07) is 0. The fourth-order valence-corrected chi connectivity index (χ4v) is 3.89. The van der Waals surface area contributed by atoms with E-state index in [0.717, 1.165) is 19.4 Å². The van der Waals surface area contributed by atoms with Crippen LogP contribution in [0.25, 0.3) is 0 Å². The fraction of sp³-hybridized carbons (Fsp3) is 0.938. The lowest BCUT2D eigenvalue weighted by molar-refractivity contribution is -0.123. The van der Waals surface area contributed by atoms with Gasteiger partial charge in [-0.15, -0.1) is 0 Å². The molecule has 2 saturated carbocycles. The zero-order valence-electron chi connectivity index (χ0n) is 13.2. The van der Waals surface area contributed by atoms with Crippen molar-refractivity contribution < 1.29 is 4.79 Å². The van der Waals surface area contributed by atoms with Crippen LogP contribution in [0.5, 0.6) is 0 Å². The first-order valence-electron chi connectivity index (χ1n) is 8.19. The van der Waals surface area contributed by atoms with Gasteiger partial charge in [0.2, 0.25) is 5.91 Å². The molecule has 4 nitrogen and oxygen atoms in total. The minimum absolute atomic E-state index is 0.140. The number of hydrogen-bond acceptors (Lipinski definition) is 3. The van der Waals surface area contributed by atoms with Crippen molar-refractivity contribution in [2.45, 2.75) is 75.3 Å². The monoisotopic (exact) mass is 281 g/mol. The second kappa shape index (κ2) is 6.44. The molecular weight excluding hydrogens is 250 g/mol. The number of nitrogens with one attached hydrogen (secondary N) is 1. The summed E-state index contributed by atoms with van der Waals surface area (Å²) in [5.74, 6) is 0.140. The molecule has 4 heteroatoms. The molecule has 0 radical (unpaired) electrons. The van der Waals surface area contributed by atoms with E-state index in [2.05, 4.69) is 24.3 Å². The summed E-state index contributed by atoms with van der Waals surface area (Å²) in [5.41, 5.74) is 6.21. The summed E-state index contributed by atoms with van der Waals surface area (Å²) < 4.78 is 0. The molecule has 20 heavy (non-hydrogen) atoms. The van der Waals surface area contributed by atoms with Gasteiger partial charge >= 0.3 is 0 Å². The number of amides is 1. The van der Waals surface area contributed by atoms with Gasteiger partial charge in [0, 0.05) is 24.0 Å². The van der Waals surface area contributed by atoms with Gasteiger partial charge in [-0.25, -0.2) is 0 Å². The second-order valence-electron chi connectivity index (χ2n) is 7.20. The third-order valence-electron chi connectivity index (χ3n) is 5.46. The van der Waals surface area contributed by atoms with Gasteiger partial charge in [-0.3, -0.25) is 4.79 Å². The minimum Gasteiger partial charge on any atom is -0.354 e. The Kier molecular flexibility index (Phi) is 5.08. The molecule has 0 aromatic rings. The van der Waals surface area contributed by atoms with Crippen molar-refractivity contribution in [3.63, 3.8) is 0 Å². The van der Waals surface area contributed by atoms with Crippen molar-refractivity contribution in [1.82, 2.24) is 10.2 Å². The van der Waals surface area contributed by atoms with Gasteiger partial charge in [-0.05, 0) is 39.8 Å². The van der Waals surface area contributed by atoms with Crippen LogP contribution in [0.4, 0.5) is 0 Å². The van der Waals surface area contributed by atoms with E-state index in [4.69, 9.17) is 5.73 Å². The largest absolute Gasteiger partial charge is 0.354 e. The maximum absolute atomic E-state index is 12.2. The molecule has 0 unspecified atom stereocenters. The lowest BCUT2D eigenvalue weighted by Crippen LogP contribution is -2.54. The molecule has 1 amide bonds. The minimum atomic E-state index is -0.234. The van der Waals surface area contributed by atoms with Crippen molar-refractivity contribution in [1.29, 1.82) is 0 Å². The van der Waals surface area contributed by atoms with Crippen LogP contribution in [-0.2, 0) is 4.79 Å². The summed E-state index contributed by atoms with van der Waals surface area (Å²) in [4.78, 5) is 14.5. The molecule has 2 rings (SSSR count). The van der Waals surface area contributed by atoms with Crippen LogP contribution in [0.1, 0.15) is 64.2 Å². The standard InChI is InChI=1S/C16H31N3O/c1-19(2)16(10-4-3-5-11-16)13-18-14(20)12-15(17)8-6-7-9-15/h3-13,17H2,1-2H3,(H,18,20). The Morgan fingerprint density at radius 2 is 1.60 bits per heavy atom. The highest BCUT2D eigenvalue weighted by Gasteiger charge is 2.36. The molecule has 3 N–H and O–H groups in total. The van der Waals surface area contributed by atoms with Crippen molar-refractivity contribution in [2.24, 2.45) is 5.73 Å². The van der Waals surface area contributed by atoms with E-state index in [9.17, 15) is 4.79 Å². The first-order valence-corrected chi connectivity index (χ1v) is 8.19. The van der Waals surface area contributed by atoms with Crippen LogP contribution in [-0.4, -0.2) is 42.5 Å². The average Bonchev–Trinajstić information content (AvgIpc) is 2.84. The van der Waals surface area contributed by atoms with Crippen LogP contribution in [0, 0.1) is 0 Å². The molecule has 0 aromatic carbocycles. The molecule has 0 aliphatic heterocycles. The number of carbonyl (C=O) groups excluding carboxylic acids is 1. The number of nitrogens with two attached hydrogens (primary N) is 1. The SMILES string of the molecule is CN(C)C1(CNC(=O)CC2(N)CCCC2)CCCCC1. The van der Waals surface area contributed by atoms with Gasteiger partial charge < -0.3 is 16.0 Å². The van der Waals surface area contributed by atoms with Crippen molar-refractivity contribution >= 4 is 5.91 Å². The van der Waals surface area contributed by atoms with Crippen molar-refractivity contribution in [2.75, 3.05) is 20.6 Å². The van der Waals surface area contributed by atoms with Crippen LogP contribution in [0.2, 0.25) is 0 Å². The zero-order chi connectivity index (χ0) is 14.6. The molecule has 0 saturated heterocycles. The van der Waals surface area contributed by atoms with Crippen LogP contribution in [0.15, 0.2) is 0 Å². The number of rotatable bonds is 5. The Hall–Kier alpha value is -0.610.